The molecular weight excluding hydrogens is 256 g/mol. The molecule has 0 aliphatic heterocycles. The lowest BCUT2D eigenvalue weighted by atomic mass is 9.72. The van der Waals surface area contributed by atoms with E-state index in [0.717, 1.165) is 32.1 Å². The Morgan fingerprint density at radius 3 is 2.05 bits per heavy atom. The Bertz CT molecular complexity index is 377. The monoisotopic (exact) mass is 284 g/mol. The van der Waals surface area contributed by atoms with Crippen LogP contribution in [-0.2, 0) is 9.59 Å². The first-order chi connectivity index (χ1) is 9.00. The van der Waals surface area contributed by atoms with Gasteiger partial charge in [0.25, 0.3) is 0 Å². The van der Waals surface area contributed by atoms with Crippen LogP contribution in [0.15, 0.2) is 0 Å². The van der Waals surface area contributed by atoms with Crippen LogP contribution in [0.2, 0.25) is 0 Å². The first kappa shape index (κ1) is 17.0. The van der Waals surface area contributed by atoms with E-state index in [1.165, 1.54) is 0 Å². The number of nitrogens with two attached hydrogens (primary N) is 1. The molecule has 0 aromatic rings. The molecule has 0 atom stereocenters. The molecule has 4 N–H and O–H groups in total. The third-order valence-electron chi connectivity index (χ3n) is 4.86. The fraction of sp³-hybridized carbons (Fsp3) is 0.867. The van der Waals surface area contributed by atoms with Gasteiger partial charge < -0.3 is 16.2 Å². The topological polar surface area (TPSA) is 92.4 Å². The van der Waals surface area contributed by atoms with Crippen molar-refractivity contribution in [3.63, 3.8) is 0 Å². The van der Waals surface area contributed by atoms with Crippen LogP contribution in [0.1, 0.15) is 66.2 Å². The summed E-state index contributed by atoms with van der Waals surface area (Å²) in [6, 6.07) is 0. The molecule has 0 spiro atoms. The Morgan fingerprint density at radius 2 is 1.65 bits per heavy atom. The highest BCUT2D eigenvalue weighted by Gasteiger charge is 2.44. The number of carbonyl (C=O) groups is 2. The van der Waals surface area contributed by atoms with Crippen LogP contribution in [0, 0.1) is 5.41 Å². The number of carbonyl (C=O) groups excluding carboxylic acids is 1. The minimum Gasteiger partial charge on any atom is -0.481 e. The molecule has 1 saturated carbocycles. The molecule has 1 rings (SSSR count). The summed E-state index contributed by atoms with van der Waals surface area (Å²) in [7, 11) is 0. The zero-order chi connectivity index (χ0) is 15.6. The van der Waals surface area contributed by atoms with Gasteiger partial charge in [-0.1, -0.05) is 19.3 Å². The van der Waals surface area contributed by atoms with Gasteiger partial charge in [0, 0.05) is 5.54 Å². The quantitative estimate of drug-likeness (QED) is 0.720. The summed E-state index contributed by atoms with van der Waals surface area (Å²) in [5.74, 6) is -1.02. The van der Waals surface area contributed by atoms with Gasteiger partial charge in [-0.15, -0.1) is 0 Å². The number of hydrogen-bond donors (Lipinski definition) is 3. The van der Waals surface area contributed by atoms with Gasteiger partial charge in [0.2, 0.25) is 5.91 Å². The van der Waals surface area contributed by atoms with Gasteiger partial charge in [-0.3, -0.25) is 9.59 Å². The average Bonchev–Trinajstić information content (AvgIpc) is 2.27. The summed E-state index contributed by atoms with van der Waals surface area (Å²) in [4.78, 5) is 23.7. The second kappa shape index (κ2) is 5.72. The van der Waals surface area contributed by atoms with Crippen molar-refractivity contribution in [2.75, 3.05) is 0 Å². The summed E-state index contributed by atoms with van der Waals surface area (Å²) < 4.78 is 0. The number of rotatable bonds is 5. The predicted octanol–water partition coefficient (Wildman–Crippen LogP) is 2.04. The minimum atomic E-state index is -0.864. The first-order valence-corrected chi connectivity index (χ1v) is 7.33. The van der Waals surface area contributed by atoms with Crippen LogP contribution in [0.3, 0.4) is 0 Å². The highest BCUT2D eigenvalue weighted by Crippen LogP contribution is 2.34. The molecule has 0 aromatic heterocycles. The molecule has 20 heavy (non-hydrogen) atoms. The van der Waals surface area contributed by atoms with E-state index in [2.05, 4.69) is 5.32 Å². The molecule has 1 aliphatic rings. The molecule has 0 radical (unpaired) electrons. The van der Waals surface area contributed by atoms with Crippen molar-refractivity contribution in [3.05, 3.63) is 0 Å². The minimum absolute atomic E-state index is 0.0141. The molecule has 1 amide bonds. The molecule has 1 aliphatic carbocycles. The first-order valence-electron chi connectivity index (χ1n) is 7.33. The van der Waals surface area contributed by atoms with Crippen LogP contribution < -0.4 is 11.1 Å². The van der Waals surface area contributed by atoms with E-state index in [9.17, 15) is 9.59 Å². The van der Waals surface area contributed by atoms with Crippen molar-refractivity contribution in [1.29, 1.82) is 0 Å². The summed E-state index contributed by atoms with van der Waals surface area (Å²) in [5.41, 5.74) is 4.05. The lowest BCUT2D eigenvalue weighted by molar-refractivity contribution is -0.141. The highest BCUT2D eigenvalue weighted by atomic mass is 16.4. The van der Waals surface area contributed by atoms with E-state index in [-0.39, 0.29) is 12.3 Å². The van der Waals surface area contributed by atoms with Crippen LogP contribution in [0.5, 0.6) is 0 Å². The number of hydrogen-bond acceptors (Lipinski definition) is 3. The molecule has 116 valence electrons. The molecule has 0 saturated heterocycles. The molecule has 5 nitrogen and oxygen atoms in total. The maximum absolute atomic E-state index is 12.6. The molecular formula is C15H28N2O3. The van der Waals surface area contributed by atoms with Crippen LogP contribution in [0.4, 0.5) is 0 Å². The fourth-order valence-electron chi connectivity index (χ4n) is 2.55. The number of nitrogens with one attached hydrogen (secondary N) is 1. The van der Waals surface area contributed by atoms with Crippen LogP contribution in [-0.4, -0.2) is 28.1 Å². The van der Waals surface area contributed by atoms with Crippen molar-refractivity contribution in [3.8, 4) is 0 Å². The zero-order valence-electron chi connectivity index (χ0n) is 13.1. The third-order valence-corrected chi connectivity index (χ3v) is 4.86. The molecule has 0 unspecified atom stereocenters. The van der Waals surface area contributed by atoms with Gasteiger partial charge in [-0.25, -0.2) is 0 Å². The molecule has 0 aromatic carbocycles. The SMILES string of the molecule is CC(C)(N)C(C)(C)C(=O)NC1(CC(=O)O)CCCCC1. The summed E-state index contributed by atoms with van der Waals surface area (Å²) in [6.45, 7) is 7.24. The van der Waals surface area contributed by atoms with Gasteiger partial charge in [0.15, 0.2) is 0 Å². The second-order valence-corrected chi connectivity index (χ2v) is 7.21. The van der Waals surface area contributed by atoms with Gasteiger partial charge in [0.1, 0.15) is 0 Å². The third kappa shape index (κ3) is 3.72. The van der Waals surface area contributed by atoms with Gasteiger partial charge in [-0.2, -0.15) is 0 Å². The van der Waals surface area contributed by atoms with Crippen LogP contribution in [0.25, 0.3) is 0 Å². The number of carboxylic acids is 1. The largest absolute Gasteiger partial charge is 0.481 e. The van der Waals surface area contributed by atoms with Crippen molar-refractivity contribution < 1.29 is 14.7 Å². The van der Waals surface area contributed by atoms with E-state index in [1.807, 2.05) is 13.8 Å². The fourth-order valence-corrected chi connectivity index (χ4v) is 2.55. The highest BCUT2D eigenvalue weighted by molar-refractivity contribution is 5.84. The average molecular weight is 284 g/mol. The number of aliphatic carboxylic acids is 1. The smallest absolute Gasteiger partial charge is 0.305 e. The number of amides is 1. The van der Waals surface area contributed by atoms with E-state index in [1.54, 1.807) is 13.8 Å². The zero-order valence-corrected chi connectivity index (χ0v) is 13.1. The Balaban J connectivity index is 2.90. The Kier molecular flexibility index (Phi) is 4.85. The van der Waals surface area contributed by atoms with E-state index in [4.69, 9.17) is 10.8 Å². The van der Waals surface area contributed by atoms with Crippen molar-refractivity contribution in [2.24, 2.45) is 11.1 Å². The normalized spacial score (nSPS) is 19.4. The number of carboxylic acid groups (broad SMARTS) is 1. The summed E-state index contributed by atoms with van der Waals surface area (Å²) >= 11 is 0. The van der Waals surface area contributed by atoms with Gasteiger partial charge in [0.05, 0.1) is 17.4 Å². The lowest BCUT2D eigenvalue weighted by Crippen LogP contribution is -2.61. The maximum atomic E-state index is 12.6. The summed E-state index contributed by atoms with van der Waals surface area (Å²) in [6.07, 6.45) is 4.46. The molecule has 0 bridgehead atoms. The molecule has 0 heterocycles. The van der Waals surface area contributed by atoms with Crippen molar-refractivity contribution >= 4 is 11.9 Å². The second-order valence-electron chi connectivity index (χ2n) is 7.21. The molecule has 5 heteroatoms. The van der Waals surface area contributed by atoms with Crippen molar-refractivity contribution in [1.82, 2.24) is 5.32 Å². The standard InChI is InChI=1S/C15H28N2O3/c1-13(2,14(3,4)16)12(20)17-15(10-11(18)19)8-6-5-7-9-15/h5-10,16H2,1-4H3,(H,17,20)(H,18,19). The Labute approximate surface area is 121 Å². The van der Waals surface area contributed by atoms with E-state index in [0.29, 0.717) is 0 Å². The maximum Gasteiger partial charge on any atom is 0.305 e. The molecule has 1 fully saturated rings. The lowest BCUT2D eigenvalue weighted by Gasteiger charge is -2.43. The van der Waals surface area contributed by atoms with E-state index >= 15 is 0 Å². The van der Waals surface area contributed by atoms with Crippen LogP contribution >= 0.6 is 0 Å². The Morgan fingerprint density at radius 1 is 1.15 bits per heavy atom. The van der Waals surface area contributed by atoms with Crippen molar-refractivity contribution in [2.45, 2.75) is 77.3 Å². The van der Waals surface area contributed by atoms with Gasteiger partial charge in [-0.05, 0) is 40.5 Å². The predicted molar refractivity (Wildman–Crippen MR) is 78.3 cm³/mol. The Hall–Kier alpha value is -1.10. The van der Waals surface area contributed by atoms with E-state index < -0.39 is 22.5 Å². The summed E-state index contributed by atoms with van der Waals surface area (Å²) in [5, 5.41) is 12.1. The van der Waals surface area contributed by atoms with Gasteiger partial charge >= 0.3 is 5.97 Å².